The highest BCUT2D eigenvalue weighted by Crippen LogP contribution is 2.30. The number of piperazine rings is 1. The Hall–Kier alpha value is -3.46. The third-order valence-corrected chi connectivity index (χ3v) is 7.51. The van der Waals surface area contributed by atoms with E-state index in [-0.39, 0.29) is 23.3 Å². The van der Waals surface area contributed by atoms with Gasteiger partial charge in [0.05, 0.1) is 18.8 Å². The quantitative estimate of drug-likeness (QED) is 0.670. The molecule has 3 fully saturated rings. The Morgan fingerprint density at radius 1 is 0.865 bits per heavy atom. The van der Waals surface area contributed by atoms with Crippen LogP contribution < -0.4 is 10.2 Å². The van der Waals surface area contributed by atoms with Gasteiger partial charge in [-0.3, -0.25) is 14.4 Å². The van der Waals surface area contributed by atoms with Crippen molar-refractivity contribution in [2.75, 3.05) is 62.7 Å². The third-order valence-electron chi connectivity index (χ3n) is 7.51. The van der Waals surface area contributed by atoms with Gasteiger partial charge >= 0.3 is 0 Å². The van der Waals surface area contributed by atoms with E-state index in [1.165, 1.54) is 18.2 Å². The maximum atomic E-state index is 13.6. The van der Waals surface area contributed by atoms with Crippen LogP contribution in [0.5, 0.6) is 0 Å². The number of nitrogens with one attached hydrogen (secondary N) is 1. The number of hydrogen-bond acceptors (Lipinski definition) is 5. The highest BCUT2D eigenvalue weighted by Gasteiger charge is 2.31. The number of halogens is 1. The Bertz CT molecular complexity index is 1150. The van der Waals surface area contributed by atoms with Gasteiger partial charge in [0, 0.05) is 62.1 Å². The van der Waals surface area contributed by atoms with E-state index in [0.717, 1.165) is 31.4 Å². The first kappa shape index (κ1) is 25.2. The van der Waals surface area contributed by atoms with E-state index < -0.39 is 11.7 Å². The van der Waals surface area contributed by atoms with Crippen LogP contribution in [0.3, 0.4) is 0 Å². The van der Waals surface area contributed by atoms with Crippen molar-refractivity contribution < 1.29 is 23.5 Å². The highest BCUT2D eigenvalue weighted by atomic mass is 19.1. The number of ether oxygens (including phenoxy) is 1. The fraction of sp³-hybridized carbons (Fsp3) is 0.464. The number of anilines is 2. The van der Waals surface area contributed by atoms with Crippen LogP contribution in [0.1, 0.15) is 46.4 Å². The van der Waals surface area contributed by atoms with Gasteiger partial charge in [0.25, 0.3) is 11.8 Å². The molecule has 3 amide bonds. The van der Waals surface area contributed by atoms with Gasteiger partial charge < -0.3 is 24.8 Å². The second kappa shape index (κ2) is 11.3. The number of amides is 3. The molecule has 1 saturated carbocycles. The van der Waals surface area contributed by atoms with E-state index in [9.17, 15) is 18.8 Å². The standard InChI is InChI=1S/C28H33FN4O4/c29-22-7-3-6-21(18-22)26(34)30-23-8-9-25(24(19-23)28(36)33-14-16-37-17-15-33)31-10-12-32(13-11-31)27(35)20-4-1-2-5-20/h3,6-9,18-20H,1-2,4-5,10-17H2,(H,30,34). The molecular weight excluding hydrogens is 475 g/mol. The molecule has 2 aromatic carbocycles. The Labute approximate surface area is 216 Å². The van der Waals surface area contributed by atoms with E-state index in [2.05, 4.69) is 10.2 Å². The highest BCUT2D eigenvalue weighted by molar-refractivity contribution is 6.06. The summed E-state index contributed by atoms with van der Waals surface area (Å²) in [5, 5.41) is 2.79. The molecule has 1 N–H and O–H groups in total. The second-order valence-electron chi connectivity index (χ2n) is 9.89. The molecule has 0 atom stereocenters. The largest absolute Gasteiger partial charge is 0.378 e. The smallest absolute Gasteiger partial charge is 0.256 e. The number of carbonyl (C=O) groups is 3. The number of rotatable bonds is 5. The molecule has 1 aliphatic carbocycles. The van der Waals surface area contributed by atoms with Crippen LogP contribution >= 0.6 is 0 Å². The topological polar surface area (TPSA) is 82.2 Å². The van der Waals surface area contributed by atoms with Gasteiger partial charge in [0.2, 0.25) is 5.91 Å². The van der Waals surface area contributed by atoms with E-state index in [1.54, 1.807) is 23.1 Å². The molecule has 2 saturated heterocycles. The van der Waals surface area contributed by atoms with Crippen molar-refractivity contribution in [3.05, 3.63) is 59.4 Å². The minimum atomic E-state index is -0.489. The summed E-state index contributed by atoms with van der Waals surface area (Å²) >= 11 is 0. The van der Waals surface area contributed by atoms with Crippen molar-refractivity contribution in [1.29, 1.82) is 0 Å². The molecule has 0 spiro atoms. The summed E-state index contributed by atoms with van der Waals surface area (Å²) in [6.07, 6.45) is 4.23. The van der Waals surface area contributed by atoms with Crippen LogP contribution in [0.4, 0.5) is 15.8 Å². The predicted octanol–water partition coefficient (Wildman–Crippen LogP) is 3.39. The molecule has 5 rings (SSSR count). The lowest BCUT2D eigenvalue weighted by atomic mass is 10.0. The fourth-order valence-corrected chi connectivity index (χ4v) is 5.43. The van der Waals surface area contributed by atoms with Gasteiger partial charge in [-0.05, 0) is 49.2 Å². The maximum Gasteiger partial charge on any atom is 0.256 e. The number of benzene rings is 2. The molecule has 0 aromatic heterocycles. The van der Waals surface area contributed by atoms with Crippen LogP contribution in [0.2, 0.25) is 0 Å². The summed E-state index contributed by atoms with van der Waals surface area (Å²) in [6.45, 7) is 4.49. The molecule has 196 valence electrons. The number of nitrogens with zero attached hydrogens (tertiary/aromatic N) is 3. The molecule has 9 heteroatoms. The van der Waals surface area contributed by atoms with Crippen LogP contribution in [-0.4, -0.2) is 80.0 Å². The average Bonchev–Trinajstić information content (AvgIpc) is 3.48. The third kappa shape index (κ3) is 5.77. The summed E-state index contributed by atoms with van der Waals surface area (Å²) in [7, 11) is 0. The second-order valence-corrected chi connectivity index (χ2v) is 9.89. The fourth-order valence-electron chi connectivity index (χ4n) is 5.43. The van der Waals surface area contributed by atoms with E-state index >= 15 is 0 Å². The molecule has 37 heavy (non-hydrogen) atoms. The van der Waals surface area contributed by atoms with Crippen LogP contribution in [0.25, 0.3) is 0 Å². The number of carbonyl (C=O) groups excluding carboxylic acids is 3. The van der Waals surface area contributed by atoms with Crippen molar-refractivity contribution >= 4 is 29.1 Å². The molecule has 8 nitrogen and oxygen atoms in total. The monoisotopic (exact) mass is 508 g/mol. The Morgan fingerprint density at radius 2 is 1.59 bits per heavy atom. The lowest BCUT2D eigenvalue weighted by Crippen LogP contribution is -2.50. The van der Waals surface area contributed by atoms with Gasteiger partial charge in [-0.2, -0.15) is 0 Å². The molecule has 3 aliphatic rings. The summed E-state index contributed by atoms with van der Waals surface area (Å²) in [5.41, 5.74) is 1.94. The summed E-state index contributed by atoms with van der Waals surface area (Å²) in [5.74, 6) is -0.638. The molecular formula is C28H33FN4O4. The summed E-state index contributed by atoms with van der Waals surface area (Å²) < 4.78 is 19.0. The van der Waals surface area contributed by atoms with Gasteiger partial charge in [0.1, 0.15) is 5.82 Å². The van der Waals surface area contributed by atoms with Crippen molar-refractivity contribution in [3.8, 4) is 0 Å². The normalized spacial score (nSPS) is 18.7. The lowest BCUT2D eigenvalue weighted by molar-refractivity contribution is -0.135. The van der Waals surface area contributed by atoms with E-state index in [1.807, 2.05) is 11.0 Å². The summed E-state index contributed by atoms with van der Waals surface area (Å²) in [6, 6.07) is 10.8. The van der Waals surface area contributed by atoms with E-state index in [4.69, 9.17) is 4.74 Å². The molecule has 0 radical (unpaired) electrons. The molecule has 2 heterocycles. The van der Waals surface area contributed by atoms with Crippen molar-refractivity contribution in [3.63, 3.8) is 0 Å². The van der Waals surface area contributed by atoms with Crippen LogP contribution in [0.15, 0.2) is 42.5 Å². The Balaban J connectivity index is 1.35. The van der Waals surface area contributed by atoms with Gasteiger partial charge in [-0.1, -0.05) is 18.9 Å². The zero-order valence-electron chi connectivity index (χ0n) is 21.0. The number of hydrogen-bond donors (Lipinski definition) is 1. The minimum absolute atomic E-state index is 0.121. The average molecular weight is 509 g/mol. The summed E-state index contributed by atoms with van der Waals surface area (Å²) in [4.78, 5) is 45.0. The Morgan fingerprint density at radius 3 is 2.30 bits per heavy atom. The zero-order chi connectivity index (χ0) is 25.8. The molecule has 2 aromatic rings. The maximum absolute atomic E-state index is 13.6. The minimum Gasteiger partial charge on any atom is -0.378 e. The van der Waals surface area contributed by atoms with Crippen LogP contribution in [0, 0.1) is 11.7 Å². The first-order chi connectivity index (χ1) is 18.0. The first-order valence-corrected chi connectivity index (χ1v) is 13.1. The van der Waals surface area contributed by atoms with Gasteiger partial charge in [-0.25, -0.2) is 4.39 Å². The molecule has 2 aliphatic heterocycles. The van der Waals surface area contributed by atoms with Gasteiger partial charge in [-0.15, -0.1) is 0 Å². The molecule has 0 unspecified atom stereocenters. The zero-order valence-corrected chi connectivity index (χ0v) is 21.0. The van der Waals surface area contributed by atoms with E-state index in [0.29, 0.717) is 63.7 Å². The lowest BCUT2D eigenvalue weighted by Gasteiger charge is -2.38. The first-order valence-electron chi connectivity index (χ1n) is 13.1. The Kier molecular flexibility index (Phi) is 7.69. The van der Waals surface area contributed by atoms with Gasteiger partial charge in [0.15, 0.2) is 0 Å². The van der Waals surface area contributed by atoms with Crippen molar-refractivity contribution in [2.45, 2.75) is 25.7 Å². The number of morpholine rings is 1. The molecule has 0 bridgehead atoms. The SMILES string of the molecule is O=C(Nc1ccc(N2CCN(C(=O)C3CCCC3)CC2)c(C(=O)N2CCOCC2)c1)c1cccc(F)c1. The van der Waals surface area contributed by atoms with Crippen LogP contribution in [-0.2, 0) is 9.53 Å². The van der Waals surface area contributed by atoms with Crippen molar-refractivity contribution in [2.24, 2.45) is 5.92 Å². The van der Waals surface area contributed by atoms with Crippen molar-refractivity contribution in [1.82, 2.24) is 9.80 Å². The predicted molar refractivity (Wildman–Crippen MR) is 138 cm³/mol.